The standard InChI is InChI=1S/C20H20BrNO5/c1-3-9-26-14-8-7-11(21)10-12(14)16-17-13(23)5-4-6-15(17)27-19(22)18(16)20(24)25-2/h3,7-8,10,16H,1,4-6,9,22H2,2H3/t16-/m0/s1. The Hall–Kier alpha value is -2.54. The van der Waals surface area contributed by atoms with Crippen LogP contribution >= 0.6 is 15.9 Å². The molecule has 0 aromatic heterocycles. The first-order valence-corrected chi connectivity index (χ1v) is 9.32. The summed E-state index contributed by atoms with van der Waals surface area (Å²) < 4.78 is 17.1. The van der Waals surface area contributed by atoms with Gasteiger partial charge in [0.2, 0.25) is 5.88 Å². The van der Waals surface area contributed by atoms with Crippen molar-refractivity contribution in [2.75, 3.05) is 13.7 Å². The summed E-state index contributed by atoms with van der Waals surface area (Å²) in [5.41, 5.74) is 7.25. The Labute approximate surface area is 165 Å². The van der Waals surface area contributed by atoms with Crippen molar-refractivity contribution < 1.29 is 23.8 Å². The van der Waals surface area contributed by atoms with Crippen LogP contribution in [-0.4, -0.2) is 25.5 Å². The predicted molar refractivity (Wildman–Crippen MR) is 103 cm³/mol. The molecule has 2 N–H and O–H groups in total. The smallest absolute Gasteiger partial charge is 0.340 e. The maximum Gasteiger partial charge on any atom is 0.340 e. The minimum atomic E-state index is -0.716. The van der Waals surface area contributed by atoms with E-state index in [0.29, 0.717) is 41.9 Å². The molecular formula is C20H20BrNO5. The van der Waals surface area contributed by atoms with E-state index in [1.54, 1.807) is 12.1 Å². The Bertz CT molecular complexity index is 871. The van der Waals surface area contributed by atoms with E-state index in [0.717, 1.165) is 4.47 Å². The van der Waals surface area contributed by atoms with Crippen molar-refractivity contribution in [3.8, 4) is 5.75 Å². The molecule has 0 radical (unpaired) electrons. The van der Waals surface area contributed by atoms with Gasteiger partial charge in [0, 0.05) is 28.5 Å². The Morgan fingerprint density at radius 3 is 2.93 bits per heavy atom. The number of benzene rings is 1. The molecule has 1 aliphatic heterocycles. The number of hydrogen-bond acceptors (Lipinski definition) is 6. The van der Waals surface area contributed by atoms with Gasteiger partial charge < -0.3 is 19.9 Å². The van der Waals surface area contributed by atoms with Crippen LogP contribution in [-0.2, 0) is 19.1 Å². The Morgan fingerprint density at radius 2 is 2.22 bits per heavy atom. The first-order chi connectivity index (χ1) is 13.0. The molecule has 27 heavy (non-hydrogen) atoms. The summed E-state index contributed by atoms with van der Waals surface area (Å²) in [5.74, 6) is -0.427. The summed E-state index contributed by atoms with van der Waals surface area (Å²) in [4.78, 5) is 25.3. The summed E-state index contributed by atoms with van der Waals surface area (Å²) >= 11 is 3.45. The zero-order valence-electron chi connectivity index (χ0n) is 14.9. The molecule has 0 amide bonds. The number of Topliss-reactive ketones (excluding diaryl/α,β-unsaturated/α-hetero) is 1. The third-order valence-corrected chi connectivity index (χ3v) is 5.02. The predicted octanol–water partition coefficient (Wildman–Crippen LogP) is 3.48. The maximum absolute atomic E-state index is 12.8. The quantitative estimate of drug-likeness (QED) is 0.564. The van der Waals surface area contributed by atoms with Gasteiger partial charge in [-0.2, -0.15) is 0 Å². The molecule has 1 atom stereocenters. The van der Waals surface area contributed by atoms with Crippen LogP contribution in [0.3, 0.4) is 0 Å². The van der Waals surface area contributed by atoms with Crippen LogP contribution in [0.1, 0.15) is 30.7 Å². The average Bonchev–Trinajstić information content (AvgIpc) is 2.65. The lowest BCUT2D eigenvalue weighted by Crippen LogP contribution is -2.31. The molecule has 0 unspecified atom stereocenters. The number of methoxy groups -OCH3 is 1. The number of carbonyl (C=O) groups is 2. The molecule has 1 heterocycles. The molecule has 0 fully saturated rings. The second-order valence-electron chi connectivity index (χ2n) is 6.20. The summed E-state index contributed by atoms with van der Waals surface area (Å²) in [7, 11) is 1.27. The number of allylic oxidation sites excluding steroid dienone is 2. The second-order valence-corrected chi connectivity index (χ2v) is 7.12. The molecule has 0 spiro atoms. The fourth-order valence-electron chi connectivity index (χ4n) is 3.40. The lowest BCUT2D eigenvalue weighted by atomic mass is 9.77. The van der Waals surface area contributed by atoms with Gasteiger partial charge in [-0.05, 0) is 24.6 Å². The van der Waals surface area contributed by atoms with Crippen molar-refractivity contribution in [3.05, 3.63) is 63.7 Å². The van der Waals surface area contributed by atoms with E-state index in [2.05, 4.69) is 22.5 Å². The van der Waals surface area contributed by atoms with Crippen LogP contribution in [0.2, 0.25) is 0 Å². The topological polar surface area (TPSA) is 87.8 Å². The molecule has 0 saturated heterocycles. The minimum Gasteiger partial charge on any atom is -0.489 e. The van der Waals surface area contributed by atoms with Crippen LogP contribution < -0.4 is 10.5 Å². The van der Waals surface area contributed by atoms with Gasteiger partial charge in [0.05, 0.1) is 13.0 Å². The Kier molecular flexibility index (Phi) is 5.70. The van der Waals surface area contributed by atoms with Gasteiger partial charge in [-0.15, -0.1) is 0 Å². The number of hydrogen-bond donors (Lipinski definition) is 1. The number of carbonyl (C=O) groups excluding carboxylic acids is 2. The Morgan fingerprint density at radius 1 is 1.44 bits per heavy atom. The van der Waals surface area contributed by atoms with Crippen molar-refractivity contribution in [1.82, 2.24) is 0 Å². The number of ether oxygens (including phenoxy) is 3. The average molecular weight is 434 g/mol. The number of nitrogens with two attached hydrogens (primary N) is 1. The molecular weight excluding hydrogens is 414 g/mol. The van der Waals surface area contributed by atoms with E-state index in [9.17, 15) is 9.59 Å². The zero-order chi connectivity index (χ0) is 19.6. The SMILES string of the molecule is C=CCOc1ccc(Br)cc1[C@@H]1C(C(=O)OC)=C(N)OC2=C1C(=O)CCC2. The Balaban J connectivity index is 2.23. The largest absolute Gasteiger partial charge is 0.489 e. The van der Waals surface area contributed by atoms with Gasteiger partial charge in [-0.3, -0.25) is 4.79 Å². The maximum atomic E-state index is 12.8. The van der Waals surface area contributed by atoms with E-state index >= 15 is 0 Å². The van der Waals surface area contributed by atoms with Crippen LogP contribution in [0, 0.1) is 0 Å². The van der Waals surface area contributed by atoms with Gasteiger partial charge in [0.1, 0.15) is 23.7 Å². The highest BCUT2D eigenvalue weighted by molar-refractivity contribution is 9.10. The first-order valence-electron chi connectivity index (χ1n) is 8.53. The molecule has 6 nitrogen and oxygen atoms in total. The number of rotatable bonds is 5. The summed E-state index contributed by atoms with van der Waals surface area (Å²) in [6.07, 6.45) is 3.29. The lowest BCUT2D eigenvalue weighted by molar-refractivity contribution is -0.136. The van der Waals surface area contributed by atoms with E-state index in [1.165, 1.54) is 7.11 Å². The minimum absolute atomic E-state index is 0.0463. The zero-order valence-corrected chi connectivity index (χ0v) is 16.5. The fourth-order valence-corrected chi connectivity index (χ4v) is 3.78. The van der Waals surface area contributed by atoms with Crippen molar-refractivity contribution in [2.45, 2.75) is 25.2 Å². The van der Waals surface area contributed by atoms with Crippen molar-refractivity contribution in [1.29, 1.82) is 0 Å². The van der Waals surface area contributed by atoms with E-state index in [-0.39, 0.29) is 23.8 Å². The summed E-state index contributed by atoms with van der Waals surface area (Å²) in [6.45, 7) is 3.94. The monoisotopic (exact) mass is 433 g/mol. The first kappa shape index (κ1) is 19.2. The van der Waals surface area contributed by atoms with Crippen molar-refractivity contribution in [3.63, 3.8) is 0 Å². The molecule has 0 saturated carbocycles. The third-order valence-electron chi connectivity index (χ3n) is 4.53. The summed E-state index contributed by atoms with van der Waals surface area (Å²) in [6, 6.07) is 5.41. The number of halogens is 1. The second kappa shape index (κ2) is 8.00. The molecule has 1 aromatic carbocycles. The fraction of sp³-hybridized carbons (Fsp3) is 0.300. The molecule has 142 valence electrons. The van der Waals surface area contributed by atoms with Crippen LogP contribution in [0.5, 0.6) is 5.75 Å². The summed E-state index contributed by atoms with van der Waals surface area (Å²) in [5, 5.41) is 0. The van der Waals surface area contributed by atoms with E-state index < -0.39 is 11.9 Å². The molecule has 7 heteroatoms. The highest BCUT2D eigenvalue weighted by Gasteiger charge is 2.42. The van der Waals surface area contributed by atoms with Crippen LogP contribution in [0.4, 0.5) is 0 Å². The van der Waals surface area contributed by atoms with Gasteiger partial charge in [-0.1, -0.05) is 28.6 Å². The molecule has 2 aliphatic rings. The highest BCUT2D eigenvalue weighted by atomic mass is 79.9. The number of ketones is 1. The van der Waals surface area contributed by atoms with Gasteiger partial charge in [0.25, 0.3) is 0 Å². The van der Waals surface area contributed by atoms with Crippen molar-refractivity contribution in [2.24, 2.45) is 5.73 Å². The van der Waals surface area contributed by atoms with Gasteiger partial charge in [-0.25, -0.2) is 4.79 Å². The van der Waals surface area contributed by atoms with Crippen LogP contribution in [0.15, 0.2) is 58.1 Å². The lowest BCUT2D eigenvalue weighted by Gasteiger charge is -2.33. The third kappa shape index (κ3) is 3.64. The van der Waals surface area contributed by atoms with Gasteiger partial charge in [0.15, 0.2) is 5.78 Å². The van der Waals surface area contributed by atoms with Gasteiger partial charge >= 0.3 is 5.97 Å². The number of esters is 1. The van der Waals surface area contributed by atoms with E-state index in [1.807, 2.05) is 12.1 Å². The van der Waals surface area contributed by atoms with E-state index in [4.69, 9.17) is 19.9 Å². The molecule has 1 aliphatic carbocycles. The van der Waals surface area contributed by atoms with Crippen molar-refractivity contribution >= 4 is 27.7 Å². The molecule has 0 bridgehead atoms. The molecule has 1 aromatic rings. The molecule has 3 rings (SSSR count). The normalized spacial score (nSPS) is 19.3. The van der Waals surface area contributed by atoms with Crippen LogP contribution in [0.25, 0.3) is 0 Å². The highest BCUT2D eigenvalue weighted by Crippen LogP contribution is 2.47.